The van der Waals surface area contributed by atoms with Crippen LogP contribution < -0.4 is 5.73 Å². The summed E-state index contributed by atoms with van der Waals surface area (Å²) in [5, 5.41) is 0. The average molecular weight is 297 g/mol. The van der Waals surface area contributed by atoms with Gasteiger partial charge >= 0.3 is 0 Å². The lowest BCUT2D eigenvalue weighted by Crippen LogP contribution is -2.52. The molecule has 1 aliphatic heterocycles. The fourth-order valence-corrected chi connectivity index (χ4v) is 4.89. The first-order valence-electron chi connectivity index (χ1n) is 7.15. The van der Waals surface area contributed by atoms with Gasteiger partial charge in [0, 0.05) is 31.0 Å². The predicted octanol–water partition coefficient (Wildman–Crippen LogP) is 1.16. The molecule has 5 nitrogen and oxygen atoms in total. The van der Waals surface area contributed by atoms with Crippen LogP contribution in [0.25, 0.3) is 0 Å². The van der Waals surface area contributed by atoms with Crippen molar-refractivity contribution < 1.29 is 8.42 Å². The molecular weight excluding hydrogens is 274 g/mol. The third kappa shape index (κ3) is 3.56. The summed E-state index contributed by atoms with van der Waals surface area (Å²) in [5.41, 5.74) is 6.74. The van der Waals surface area contributed by atoms with E-state index >= 15 is 0 Å². The van der Waals surface area contributed by atoms with E-state index in [2.05, 4.69) is 4.98 Å². The Morgan fingerprint density at radius 1 is 1.35 bits per heavy atom. The number of pyridine rings is 1. The van der Waals surface area contributed by atoms with Crippen LogP contribution in [0, 0.1) is 0 Å². The second kappa shape index (κ2) is 6.65. The molecule has 0 spiro atoms. The van der Waals surface area contributed by atoms with Gasteiger partial charge in [0.05, 0.1) is 5.75 Å². The van der Waals surface area contributed by atoms with Gasteiger partial charge in [0.15, 0.2) is 0 Å². The molecule has 0 aliphatic carbocycles. The Hall–Kier alpha value is -0.980. The number of hydrogen-bond donors (Lipinski definition) is 1. The Labute approximate surface area is 121 Å². The Morgan fingerprint density at radius 3 is 2.70 bits per heavy atom. The number of piperidine rings is 1. The maximum Gasteiger partial charge on any atom is 0.214 e. The Balaban J connectivity index is 2.08. The zero-order chi connectivity index (χ0) is 14.6. The number of nitrogens with two attached hydrogens (primary N) is 1. The monoisotopic (exact) mass is 297 g/mol. The van der Waals surface area contributed by atoms with Crippen molar-refractivity contribution in [3.8, 4) is 0 Å². The molecule has 2 N–H and O–H groups in total. The summed E-state index contributed by atoms with van der Waals surface area (Å²) in [4.78, 5) is 3.94. The standard InChI is InChI=1S/C14H23N3O2S/c1-12-3-2-4-14(11-15)17(12)20(18,19)10-7-13-5-8-16-9-6-13/h5-6,8-9,12,14H,2-4,7,10-11,15H2,1H3. The zero-order valence-electron chi connectivity index (χ0n) is 11.9. The smallest absolute Gasteiger partial charge is 0.214 e. The van der Waals surface area contributed by atoms with Crippen LogP contribution in [-0.2, 0) is 16.4 Å². The summed E-state index contributed by atoms with van der Waals surface area (Å²) < 4.78 is 26.8. The van der Waals surface area contributed by atoms with Crippen molar-refractivity contribution in [3.05, 3.63) is 30.1 Å². The maximum atomic E-state index is 12.6. The van der Waals surface area contributed by atoms with Crippen molar-refractivity contribution in [1.29, 1.82) is 0 Å². The molecule has 2 heterocycles. The van der Waals surface area contributed by atoms with Gasteiger partial charge in [0.1, 0.15) is 0 Å². The highest BCUT2D eigenvalue weighted by Crippen LogP contribution is 2.26. The van der Waals surface area contributed by atoms with Crippen LogP contribution in [0.15, 0.2) is 24.5 Å². The van der Waals surface area contributed by atoms with E-state index in [0.29, 0.717) is 13.0 Å². The molecule has 0 amide bonds. The summed E-state index contributed by atoms with van der Waals surface area (Å²) in [6.07, 6.45) is 6.74. The van der Waals surface area contributed by atoms with Crippen LogP contribution in [0.5, 0.6) is 0 Å². The zero-order valence-corrected chi connectivity index (χ0v) is 12.7. The molecule has 1 fully saturated rings. The highest BCUT2D eigenvalue weighted by Gasteiger charge is 2.35. The quantitative estimate of drug-likeness (QED) is 0.884. The molecule has 1 saturated heterocycles. The average Bonchev–Trinajstić information content (AvgIpc) is 2.45. The number of aromatic nitrogens is 1. The number of aryl methyl sites for hydroxylation is 1. The van der Waals surface area contributed by atoms with E-state index in [1.165, 1.54) is 0 Å². The van der Waals surface area contributed by atoms with E-state index in [4.69, 9.17) is 5.73 Å². The largest absolute Gasteiger partial charge is 0.329 e. The summed E-state index contributed by atoms with van der Waals surface area (Å²) in [7, 11) is -3.26. The predicted molar refractivity (Wildman–Crippen MR) is 79.7 cm³/mol. The number of nitrogens with zero attached hydrogens (tertiary/aromatic N) is 2. The molecule has 20 heavy (non-hydrogen) atoms. The topological polar surface area (TPSA) is 76.3 Å². The fourth-order valence-electron chi connectivity index (χ4n) is 2.89. The van der Waals surface area contributed by atoms with Gasteiger partial charge in [-0.3, -0.25) is 4.98 Å². The molecule has 0 aromatic carbocycles. The van der Waals surface area contributed by atoms with Crippen LogP contribution >= 0.6 is 0 Å². The van der Waals surface area contributed by atoms with Crippen molar-refractivity contribution in [2.75, 3.05) is 12.3 Å². The first kappa shape index (κ1) is 15.4. The van der Waals surface area contributed by atoms with E-state index in [0.717, 1.165) is 24.8 Å². The molecule has 2 rings (SSSR count). The van der Waals surface area contributed by atoms with Gasteiger partial charge in [0.2, 0.25) is 10.0 Å². The minimum atomic E-state index is -3.26. The van der Waals surface area contributed by atoms with E-state index in [1.807, 2.05) is 19.1 Å². The van der Waals surface area contributed by atoms with Crippen LogP contribution in [-0.4, -0.2) is 42.1 Å². The number of rotatable bonds is 5. The SMILES string of the molecule is CC1CCCC(CN)N1S(=O)(=O)CCc1ccncc1. The maximum absolute atomic E-state index is 12.6. The van der Waals surface area contributed by atoms with Crippen LogP contribution in [0.1, 0.15) is 31.7 Å². The van der Waals surface area contributed by atoms with E-state index in [9.17, 15) is 8.42 Å². The second-order valence-corrected chi connectivity index (χ2v) is 7.41. The molecule has 2 unspecified atom stereocenters. The molecule has 2 atom stereocenters. The third-order valence-corrected chi connectivity index (χ3v) is 5.97. The Kier molecular flexibility index (Phi) is 5.12. The van der Waals surface area contributed by atoms with E-state index < -0.39 is 10.0 Å². The van der Waals surface area contributed by atoms with Gasteiger partial charge in [0.25, 0.3) is 0 Å². The summed E-state index contributed by atoms with van der Waals surface area (Å²) >= 11 is 0. The number of sulfonamides is 1. The molecule has 0 bridgehead atoms. The molecule has 6 heteroatoms. The van der Waals surface area contributed by atoms with Gasteiger partial charge in [-0.1, -0.05) is 6.42 Å². The van der Waals surface area contributed by atoms with Gasteiger partial charge in [-0.25, -0.2) is 8.42 Å². The van der Waals surface area contributed by atoms with E-state index in [-0.39, 0.29) is 17.8 Å². The highest BCUT2D eigenvalue weighted by atomic mass is 32.2. The fraction of sp³-hybridized carbons (Fsp3) is 0.643. The second-order valence-electron chi connectivity index (χ2n) is 5.42. The van der Waals surface area contributed by atoms with Crippen LogP contribution in [0.4, 0.5) is 0 Å². The van der Waals surface area contributed by atoms with Crippen molar-refractivity contribution in [3.63, 3.8) is 0 Å². The summed E-state index contributed by atoms with van der Waals surface area (Å²) in [6, 6.07) is 3.73. The summed E-state index contributed by atoms with van der Waals surface area (Å²) in [5.74, 6) is 0.137. The van der Waals surface area contributed by atoms with Crippen molar-refractivity contribution in [1.82, 2.24) is 9.29 Å². The minimum absolute atomic E-state index is 0.0406. The first-order chi connectivity index (χ1) is 9.54. The third-order valence-electron chi connectivity index (χ3n) is 3.94. The van der Waals surface area contributed by atoms with Crippen molar-refractivity contribution >= 4 is 10.0 Å². The minimum Gasteiger partial charge on any atom is -0.329 e. The molecule has 112 valence electrons. The van der Waals surface area contributed by atoms with Crippen LogP contribution in [0.3, 0.4) is 0 Å². The highest BCUT2D eigenvalue weighted by molar-refractivity contribution is 7.89. The number of hydrogen-bond acceptors (Lipinski definition) is 4. The molecule has 1 aromatic rings. The van der Waals surface area contributed by atoms with Crippen LogP contribution in [0.2, 0.25) is 0 Å². The lowest BCUT2D eigenvalue weighted by Gasteiger charge is -2.39. The van der Waals surface area contributed by atoms with Gasteiger partial charge < -0.3 is 5.73 Å². The molecule has 1 aromatic heterocycles. The first-order valence-corrected chi connectivity index (χ1v) is 8.75. The molecule has 1 aliphatic rings. The van der Waals surface area contributed by atoms with Gasteiger partial charge in [-0.15, -0.1) is 0 Å². The van der Waals surface area contributed by atoms with Gasteiger partial charge in [-0.2, -0.15) is 4.31 Å². The summed E-state index contributed by atoms with van der Waals surface area (Å²) in [6.45, 7) is 2.38. The Bertz CT molecular complexity index is 518. The van der Waals surface area contributed by atoms with Gasteiger partial charge in [-0.05, 0) is 43.9 Å². The molecule has 0 radical (unpaired) electrons. The lowest BCUT2D eigenvalue weighted by molar-refractivity contribution is 0.196. The molecule has 0 saturated carbocycles. The Morgan fingerprint density at radius 2 is 2.05 bits per heavy atom. The van der Waals surface area contributed by atoms with Crippen molar-refractivity contribution in [2.45, 2.75) is 44.7 Å². The normalized spacial score (nSPS) is 24.7. The molecular formula is C14H23N3O2S. The van der Waals surface area contributed by atoms with Crippen molar-refractivity contribution in [2.24, 2.45) is 5.73 Å². The lowest BCUT2D eigenvalue weighted by atomic mass is 10.00. The van der Waals surface area contributed by atoms with E-state index in [1.54, 1.807) is 16.7 Å².